The lowest BCUT2D eigenvalue weighted by molar-refractivity contribution is 0.279. The Morgan fingerprint density at radius 1 is 1.36 bits per heavy atom. The fourth-order valence-corrected chi connectivity index (χ4v) is 2.57. The molecule has 1 aliphatic rings. The summed E-state index contributed by atoms with van der Waals surface area (Å²) in [5.41, 5.74) is 0.359. The average molecular weight is 192 g/mol. The Bertz CT molecular complexity index is 210. The second-order valence-electron chi connectivity index (χ2n) is 5.20. The molecule has 2 atom stereocenters. The minimum atomic E-state index is 0.359. The molecule has 1 saturated carbocycles. The van der Waals surface area contributed by atoms with Crippen LogP contribution in [0.5, 0.6) is 0 Å². The van der Waals surface area contributed by atoms with Crippen LogP contribution in [0.1, 0.15) is 46.5 Å². The number of rotatable bonds is 4. The van der Waals surface area contributed by atoms with Crippen LogP contribution in [0.25, 0.3) is 0 Å². The summed E-state index contributed by atoms with van der Waals surface area (Å²) in [7, 11) is 0. The zero-order chi connectivity index (χ0) is 10.6. The van der Waals surface area contributed by atoms with Gasteiger partial charge in [0.25, 0.3) is 0 Å². The molecule has 0 nitrogen and oxygen atoms in total. The lowest BCUT2D eigenvalue weighted by atomic mass is 9.77. The van der Waals surface area contributed by atoms with E-state index in [-0.39, 0.29) is 0 Å². The van der Waals surface area contributed by atoms with Gasteiger partial charge in [0.05, 0.1) is 0 Å². The Hall–Kier alpha value is -0.520. The highest BCUT2D eigenvalue weighted by Crippen LogP contribution is 2.44. The smallest absolute Gasteiger partial charge is 0.0143 e. The van der Waals surface area contributed by atoms with Crippen LogP contribution in [0.4, 0.5) is 0 Å². The van der Waals surface area contributed by atoms with Crippen LogP contribution in [-0.2, 0) is 0 Å². The fraction of sp³-hybridized carbons (Fsp3) is 0.714. The van der Waals surface area contributed by atoms with E-state index < -0.39 is 0 Å². The van der Waals surface area contributed by atoms with Crippen LogP contribution in [0.2, 0.25) is 0 Å². The molecule has 0 N–H and O–H groups in total. The Balaban J connectivity index is 2.56. The third kappa shape index (κ3) is 2.73. The second kappa shape index (κ2) is 4.82. The Labute approximate surface area is 89.1 Å². The summed E-state index contributed by atoms with van der Waals surface area (Å²) in [6.07, 6.45) is 11.9. The molecule has 0 aromatic heterocycles. The molecule has 1 aliphatic carbocycles. The Kier molecular flexibility index (Phi) is 3.97. The van der Waals surface area contributed by atoms with Gasteiger partial charge in [0.15, 0.2) is 0 Å². The van der Waals surface area contributed by atoms with E-state index in [1.807, 2.05) is 6.08 Å². The second-order valence-corrected chi connectivity index (χ2v) is 5.20. The first kappa shape index (κ1) is 11.6. The third-order valence-electron chi connectivity index (χ3n) is 3.83. The summed E-state index contributed by atoms with van der Waals surface area (Å²) >= 11 is 0. The maximum atomic E-state index is 3.73. The van der Waals surface area contributed by atoms with Gasteiger partial charge in [-0.25, -0.2) is 0 Å². The van der Waals surface area contributed by atoms with Crippen molar-refractivity contribution in [3.05, 3.63) is 24.8 Å². The molecule has 2 unspecified atom stereocenters. The van der Waals surface area contributed by atoms with Gasteiger partial charge in [-0.05, 0) is 30.1 Å². The summed E-state index contributed by atoms with van der Waals surface area (Å²) in [6, 6.07) is 0. The van der Waals surface area contributed by atoms with E-state index in [2.05, 4.69) is 39.5 Å². The highest BCUT2D eigenvalue weighted by molar-refractivity contribution is 5.06. The van der Waals surface area contributed by atoms with Crippen molar-refractivity contribution in [2.75, 3.05) is 0 Å². The van der Waals surface area contributed by atoms with Gasteiger partial charge in [-0.1, -0.05) is 58.4 Å². The largest absolute Gasteiger partial charge is 0.0991 e. The highest BCUT2D eigenvalue weighted by atomic mass is 14.4. The van der Waals surface area contributed by atoms with Crippen molar-refractivity contribution in [3.63, 3.8) is 0 Å². The van der Waals surface area contributed by atoms with E-state index in [1.54, 1.807) is 0 Å². The average Bonchev–Trinajstić information content (AvgIpc) is 2.63. The van der Waals surface area contributed by atoms with Crippen LogP contribution >= 0.6 is 0 Å². The molecule has 0 radical (unpaired) electrons. The molecule has 0 heteroatoms. The molecule has 0 aromatic carbocycles. The van der Waals surface area contributed by atoms with Gasteiger partial charge in [-0.15, -0.1) is 0 Å². The fourth-order valence-electron chi connectivity index (χ4n) is 2.57. The molecule has 0 aliphatic heterocycles. The zero-order valence-corrected chi connectivity index (χ0v) is 9.92. The van der Waals surface area contributed by atoms with Gasteiger partial charge in [0.1, 0.15) is 0 Å². The Morgan fingerprint density at radius 3 is 2.57 bits per heavy atom. The van der Waals surface area contributed by atoms with Crippen molar-refractivity contribution in [2.45, 2.75) is 46.5 Å². The molecule has 0 heterocycles. The predicted molar refractivity (Wildman–Crippen MR) is 64.2 cm³/mol. The first-order valence-corrected chi connectivity index (χ1v) is 5.90. The summed E-state index contributed by atoms with van der Waals surface area (Å²) < 4.78 is 0. The van der Waals surface area contributed by atoms with Crippen molar-refractivity contribution >= 4 is 0 Å². The van der Waals surface area contributed by atoms with Gasteiger partial charge in [-0.2, -0.15) is 0 Å². The summed E-state index contributed by atoms with van der Waals surface area (Å²) in [5, 5.41) is 0. The molecule has 0 aromatic rings. The molecular formula is C14H24. The molecule has 1 rings (SSSR count). The quantitative estimate of drug-likeness (QED) is 0.572. The van der Waals surface area contributed by atoms with Gasteiger partial charge in [0, 0.05) is 0 Å². The van der Waals surface area contributed by atoms with Crippen molar-refractivity contribution < 1.29 is 0 Å². The molecule has 0 spiro atoms. The van der Waals surface area contributed by atoms with E-state index in [1.165, 1.54) is 25.7 Å². The molecule has 80 valence electrons. The Morgan fingerprint density at radius 2 is 2.07 bits per heavy atom. The van der Waals surface area contributed by atoms with E-state index in [9.17, 15) is 0 Å². The highest BCUT2D eigenvalue weighted by Gasteiger charge is 2.33. The van der Waals surface area contributed by atoms with Gasteiger partial charge < -0.3 is 0 Å². The van der Waals surface area contributed by atoms with Gasteiger partial charge >= 0.3 is 0 Å². The van der Waals surface area contributed by atoms with Crippen molar-refractivity contribution in [1.29, 1.82) is 0 Å². The molecule has 1 fully saturated rings. The lowest BCUT2D eigenvalue weighted by Gasteiger charge is -2.28. The van der Waals surface area contributed by atoms with Crippen LogP contribution in [-0.4, -0.2) is 0 Å². The molecule has 0 amide bonds. The number of hydrogen-bond acceptors (Lipinski definition) is 0. The van der Waals surface area contributed by atoms with Gasteiger partial charge in [0.2, 0.25) is 0 Å². The topological polar surface area (TPSA) is 0 Å². The van der Waals surface area contributed by atoms with Crippen LogP contribution < -0.4 is 0 Å². The molecular weight excluding hydrogens is 168 g/mol. The summed E-state index contributed by atoms with van der Waals surface area (Å²) in [4.78, 5) is 0. The van der Waals surface area contributed by atoms with Gasteiger partial charge in [-0.3, -0.25) is 0 Å². The zero-order valence-electron chi connectivity index (χ0n) is 9.92. The third-order valence-corrected chi connectivity index (χ3v) is 3.83. The predicted octanol–water partition coefficient (Wildman–Crippen LogP) is 4.58. The van der Waals surface area contributed by atoms with Crippen molar-refractivity contribution in [1.82, 2.24) is 0 Å². The van der Waals surface area contributed by atoms with Crippen LogP contribution in [0.15, 0.2) is 24.8 Å². The first-order valence-electron chi connectivity index (χ1n) is 5.90. The first-order chi connectivity index (χ1) is 6.60. The SMILES string of the molecule is C=CC=CC(C)(C)C1CCC(CC)C1. The van der Waals surface area contributed by atoms with Crippen molar-refractivity contribution in [3.8, 4) is 0 Å². The van der Waals surface area contributed by atoms with E-state index in [0.29, 0.717) is 5.41 Å². The van der Waals surface area contributed by atoms with Crippen LogP contribution in [0.3, 0.4) is 0 Å². The van der Waals surface area contributed by atoms with E-state index >= 15 is 0 Å². The van der Waals surface area contributed by atoms with Crippen molar-refractivity contribution in [2.24, 2.45) is 17.3 Å². The van der Waals surface area contributed by atoms with E-state index in [4.69, 9.17) is 0 Å². The minimum Gasteiger partial charge on any atom is -0.0991 e. The number of allylic oxidation sites excluding steroid dienone is 3. The molecule has 0 saturated heterocycles. The van der Waals surface area contributed by atoms with E-state index in [0.717, 1.165) is 11.8 Å². The van der Waals surface area contributed by atoms with Crippen LogP contribution in [0, 0.1) is 17.3 Å². The molecule has 14 heavy (non-hydrogen) atoms. The monoisotopic (exact) mass is 192 g/mol. The summed E-state index contributed by atoms with van der Waals surface area (Å²) in [6.45, 7) is 10.8. The number of hydrogen-bond donors (Lipinski definition) is 0. The maximum absolute atomic E-state index is 3.73. The standard InChI is InChI=1S/C14H24/c1-5-7-10-14(3,4)13-9-8-12(6-2)11-13/h5,7,10,12-13H,1,6,8-9,11H2,2-4H3. The molecule has 0 bridgehead atoms. The lowest BCUT2D eigenvalue weighted by Crippen LogP contribution is -2.19. The normalized spacial score (nSPS) is 28.5. The maximum Gasteiger partial charge on any atom is -0.0143 e. The minimum absolute atomic E-state index is 0.359. The summed E-state index contributed by atoms with van der Waals surface area (Å²) in [5.74, 6) is 1.86.